The molecule has 0 bridgehead atoms. The molecule has 0 aliphatic rings. The smallest absolute Gasteiger partial charge is 0.417 e. The molecule has 130 valence electrons. The summed E-state index contributed by atoms with van der Waals surface area (Å²) in [7, 11) is 1.29. The number of pyridine rings is 2. The van der Waals surface area contributed by atoms with Gasteiger partial charge in [-0.05, 0) is 6.07 Å². The zero-order chi connectivity index (χ0) is 18.0. The van der Waals surface area contributed by atoms with Gasteiger partial charge in [0.1, 0.15) is 0 Å². The molecule has 0 saturated heterocycles. The fraction of sp³-hybridized carbons (Fsp3) is 0.222. The Hall–Kier alpha value is -2.67. The average molecular weight is 348 g/mol. The third kappa shape index (κ3) is 3.15. The predicted molar refractivity (Wildman–Crippen MR) is 88.5 cm³/mol. The van der Waals surface area contributed by atoms with Gasteiger partial charge in [0, 0.05) is 17.1 Å². The summed E-state index contributed by atoms with van der Waals surface area (Å²) in [6.45, 7) is 3.39. The quantitative estimate of drug-likeness (QED) is 0.386. The molecule has 0 radical (unpaired) electrons. The number of alkyl halides is 3. The van der Waals surface area contributed by atoms with Crippen molar-refractivity contribution in [1.82, 2.24) is 9.97 Å². The van der Waals surface area contributed by atoms with Crippen molar-refractivity contribution in [3.63, 3.8) is 0 Å². The molecule has 0 aliphatic heterocycles. The molecule has 25 heavy (non-hydrogen) atoms. The van der Waals surface area contributed by atoms with Crippen molar-refractivity contribution in [1.29, 1.82) is 0 Å². The normalized spacial score (nSPS) is 11.8. The lowest BCUT2D eigenvalue weighted by Crippen LogP contribution is -2.13. The summed E-state index contributed by atoms with van der Waals surface area (Å²) >= 11 is 0. The van der Waals surface area contributed by atoms with Gasteiger partial charge >= 0.3 is 6.18 Å². The number of hydrogen-bond acceptors (Lipinski definition) is 4. The molecule has 4 nitrogen and oxygen atoms in total. The van der Waals surface area contributed by atoms with Crippen LogP contribution in [0.3, 0.4) is 0 Å². The van der Waals surface area contributed by atoms with Crippen LogP contribution in [0, 0.1) is 0 Å². The van der Waals surface area contributed by atoms with Crippen LogP contribution in [0.5, 0.6) is 5.88 Å². The van der Waals surface area contributed by atoms with Gasteiger partial charge in [0.2, 0.25) is 5.88 Å². The van der Waals surface area contributed by atoms with Gasteiger partial charge in [0.25, 0.3) is 0 Å². The number of ether oxygens (including phenoxy) is 2. The van der Waals surface area contributed by atoms with E-state index in [2.05, 4.69) is 16.5 Å². The summed E-state index contributed by atoms with van der Waals surface area (Å²) in [5.74, 6) is -0.112. The Balaban J connectivity index is 2.37. The first kappa shape index (κ1) is 17.2. The molecular formula is C18H15F3N2O2. The highest BCUT2D eigenvalue weighted by Crippen LogP contribution is 2.42. The first-order chi connectivity index (χ1) is 12.0. The van der Waals surface area contributed by atoms with E-state index < -0.39 is 11.7 Å². The summed E-state index contributed by atoms with van der Waals surface area (Å²) < 4.78 is 51.8. The van der Waals surface area contributed by atoms with Crippen LogP contribution in [0.1, 0.15) is 11.1 Å². The standard InChI is InChI=1S/C18H15F3N2O2/c1-3-8-25-10-11-9-22-16-12-6-4-5-7-13(12)23-17(24-2)14(16)15(11)18(19,20)21/h3-7,9H,1,8,10H2,2H3. The molecule has 2 aromatic heterocycles. The Morgan fingerprint density at radius 1 is 1.24 bits per heavy atom. The van der Waals surface area contributed by atoms with Gasteiger partial charge in [0.05, 0.1) is 42.3 Å². The SMILES string of the molecule is C=CCOCc1cnc2c(c(OC)nc3ccccc32)c1C(F)(F)F. The minimum absolute atomic E-state index is 0.0720. The third-order valence-corrected chi connectivity index (χ3v) is 3.72. The van der Waals surface area contributed by atoms with Gasteiger partial charge in [-0.1, -0.05) is 24.3 Å². The Morgan fingerprint density at radius 2 is 2.00 bits per heavy atom. The van der Waals surface area contributed by atoms with Crippen molar-refractivity contribution in [2.24, 2.45) is 0 Å². The number of para-hydroxylation sites is 1. The molecule has 0 atom stereocenters. The second-order valence-corrected chi connectivity index (χ2v) is 5.32. The topological polar surface area (TPSA) is 44.2 Å². The minimum Gasteiger partial charge on any atom is -0.480 e. The lowest BCUT2D eigenvalue weighted by atomic mass is 10.0. The number of methoxy groups -OCH3 is 1. The molecule has 7 heteroatoms. The van der Waals surface area contributed by atoms with Gasteiger partial charge in [0.15, 0.2) is 0 Å². The molecule has 3 rings (SSSR count). The second-order valence-electron chi connectivity index (χ2n) is 5.32. The van der Waals surface area contributed by atoms with E-state index in [1.165, 1.54) is 19.4 Å². The number of fused-ring (bicyclic) bond motifs is 3. The molecule has 0 amide bonds. The van der Waals surface area contributed by atoms with Crippen molar-refractivity contribution >= 4 is 21.8 Å². The molecule has 0 saturated carbocycles. The Morgan fingerprint density at radius 3 is 2.68 bits per heavy atom. The monoisotopic (exact) mass is 348 g/mol. The molecule has 0 unspecified atom stereocenters. The molecular weight excluding hydrogens is 333 g/mol. The highest BCUT2D eigenvalue weighted by atomic mass is 19.4. The zero-order valence-electron chi connectivity index (χ0n) is 13.4. The van der Waals surface area contributed by atoms with Crippen LogP contribution < -0.4 is 4.74 Å². The first-order valence-corrected chi connectivity index (χ1v) is 7.47. The first-order valence-electron chi connectivity index (χ1n) is 7.47. The Bertz CT molecular complexity index is 939. The van der Waals surface area contributed by atoms with Crippen LogP contribution in [0.2, 0.25) is 0 Å². The number of aromatic nitrogens is 2. The molecule has 0 fully saturated rings. The van der Waals surface area contributed by atoms with Crippen LogP contribution in [0.25, 0.3) is 21.8 Å². The largest absolute Gasteiger partial charge is 0.480 e. The maximum Gasteiger partial charge on any atom is 0.417 e. The fourth-order valence-corrected chi connectivity index (χ4v) is 2.73. The second kappa shape index (κ2) is 6.68. The molecule has 2 heterocycles. The summed E-state index contributed by atoms with van der Waals surface area (Å²) in [5.41, 5.74) is -0.195. The van der Waals surface area contributed by atoms with E-state index in [-0.39, 0.29) is 35.6 Å². The number of halogens is 3. The van der Waals surface area contributed by atoms with Crippen molar-refractivity contribution in [2.75, 3.05) is 13.7 Å². The minimum atomic E-state index is -4.61. The van der Waals surface area contributed by atoms with Crippen LogP contribution in [-0.4, -0.2) is 23.7 Å². The molecule has 0 N–H and O–H groups in total. The summed E-state index contributed by atoms with van der Waals surface area (Å²) in [6, 6.07) is 6.87. The average Bonchev–Trinajstić information content (AvgIpc) is 2.59. The van der Waals surface area contributed by atoms with Crippen LogP contribution in [0.15, 0.2) is 43.1 Å². The highest BCUT2D eigenvalue weighted by molar-refractivity contribution is 6.07. The van der Waals surface area contributed by atoms with E-state index in [4.69, 9.17) is 9.47 Å². The Labute approximate surface area is 141 Å². The van der Waals surface area contributed by atoms with Crippen LogP contribution in [0.4, 0.5) is 13.2 Å². The van der Waals surface area contributed by atoms with Crippen molar-refractivity contribution in [3.05, 3.63) is 54.2 Å². The number of benzene rings is 1. The van der Waals surface area contributed by atoms with Crippen LogP contribution >= 0.6 is 0 Å². The van der Waals surface area contributed by atoms with Gasteiger partial charge in [-0.2, -0.15) is 13.2 Å². The van der Waals surface area contributed by atoms with E-state index in [1.807, 2.05) is 0 Å². The van der Waals surface area contributed by atoms with Gasteiger partial charge in [-0.25, -0.2) is 4.98 Å². The summed E-state index contributed by atoms with van der Waals surface area (Å²) in [5, 5.41) is 0.371. The number of nitrogens with zero attached hydrogens (tertiary/aromatic N) is 2. The Kier molecular flexibility index (Phi) is 4.59. The van der Waals surface area contributed by atoms with E-state index in [1.54, 1.807) is 24.3 Å². The molecule has 0 aliphatic carbocycles. The maximum absolute atomic E-state index is 13.8. The molecule has 3 aromatic rings. The van der Waals surface area contributed by atoms with Crippen molar-refractivity contribution < 1.29 is 22.6 Å². The van der Waals surface area contributed by atoms with Crippen molar-refractivity contribution in [2.45, 2.75) is 12.8 Å². The third-order valence-electron chi connectivity index (χ3n) is 3.72. The van der Waals surface area contributed by atoms with Gasteiger partial charge < -0.3 is 9.47 Å². The lowest BCUT2D eigenvalue weighted by Gasteiger charge is -2.17. The zero-order valence-corrected chi connectivity index (χ0v) is 13.4. The van der Waals surface area contributed by atoms with Crippen molar-refractivity contribution in [3.8, 4) is 5.88 Å². The van der Waals surface area contributed by atoms with E-state index in [0.29, 0.717) is 10.9 Å². The highest BCUT2D eigenvalue weighted by Gasteiger charge is 2.37. The summed E-state index contributed by atoms with van der Waals surface area (Å²) in [4.78, 5) is 8.46. The lowest BCUT2D eigenvalue weighted by molar-refractivity contribution is -0.137. The predicted octanol–water partition coefficient (Wildman–Crippen LogP) is 4.51. The molecule has 0 spiro atoms. The number of hydrogen-bond donors (Lipinski definition) is 0. The molecule has 1 aromatic carbocycles. The van der Waals surface area contributed by atoms with Crippen LogP contribution in [-0.2, 0) is 17.5 Å². The summed E-state index contributed by atoms with van der Waals surface area (Å²) in [6.07, 6.45) is -1.94. The van der Waals surface area contributed by atoms with E-state index in [9.17, 15) is 13.2 Å². The van der Waals surface area contributed by atoms with E-state index in [0.717, 1.165) is 0 Å². The maximum atomic E-state index is 13.8. The fourth-order valence-electron chi connectivity index (χ4n) is 2.73. The van der Waals surface area contributed by atoms with Gasteiger partial charge in [-0.15, -0.1) is 6.58 Å². The van der Waals surface area contributed by atoms with E-state index >= 15 is 0 Å². The van der Waals surface area contributed by atoms with Gasteiger partial charge in [-0.3, -0.25) is 4.98 Å². The number of rotatable bonds is 5.